The Balaban J connectivity index is 2.05. The second kappa shape index (κ2) is 16.5. The van der Waals surface area contributed by atoms with Gasteiger partial charge in [-0.3, -0.25) is 19.2 Å². The standard InChI is InChI=1S/C34H59N3O8/c1-21(5-8-29(38)39)27-7-6-23-18-26(44-31(41)11-15-36)20-24-19-25(43-30(40)10-14-35)9-13-33(24,3)22(2)17-28(34(23,27)4)45-32(42)12-16-37/h21-28H,5-20,35-37H2,1-4H3,(H,38,39)/t21-,22-,23+,24?,25-,26+,27-,28+,33-,34+/m1/s1. The smallest absolute Gasteiger partial charge is 0.307 e. The van der Waals surface area contributed by atoms with E-state index < -0.39 is 17.5 Å². The Morgan fingerprint density at radius 2 is 1.29 bits per heavy atom. The molecule has 0 saturated heterocycles. The third kappa shape index (κ3) is 9.19. The minimum atomic E-state index is -0.817. The number of hydrogen-bond acceptors (Lipinski definition) is 10. The Kier molecular flexibility index (Phi) is 13.7. The van der Waals surface area contributed by atoms with Crippen LogP contribution in [0.3, 0.4) is 0 Å². The number of carbonyl (C=O) groups excluding carboxylic acids is 3. The monoisotopic (exact) mass is 637 g/mol. The molecule has 1 unspecified atom stereocenters. The van der Waals surface area contributed by atoms with Gasteiger partial charge in [-0.25, -0.2) is 0 Å². The molecule has 3 aliphatic carbocycles. The van der Waals surface area contributed by atoms with Gasteiger partial charge in [-0.15, -0.1) is 0 Å². The highest BCUT2D eigenvalue weighted by atomic mass is 16.6. The van der Waals surface area contributed by atoms with E-state index in [-0.39, 0.29) is 110 Å². The molecule has 3 rings (SSSR count). The lowest BCUT2D eigenvalue weighted by Crippen LogP contribution is -2.51. The van der Waals surface area contributed by atoms with Gasteiger partial charge in [0, 0.05) is 31.5 Å². The molecule has 0 amide bonds. The summed E-state index contributed by atoms with van der Waals surface area (Å²) in [6, 6.07) is 0. The first kappa shape index (κ1) is 37.2. The van der Waals surface area contributed by atoms with Crippen LogP contribution in [0.2, 0.25) is 0 Å². The maximum atomic E-state index is 13.1. The first-order valence-electron chi connectivity index (χ1n) is 17.2. The molecular formula is C34H59N3O8. The summed E-state index contributed by atoms with van der Waals surface area (Å²) < 4.78 is 18.4. The van der Waals surface area contributed by atoms with Crippen molar-refractivity contribution in [2.45, 2.75) is 129 Å². The number of esters is 3. The number of carbonyl (C=O) groups is 4. The van der Waals surface area contributed by atoms with Crippen molar-refractivity contribution in [3.63, 3.8) is 0 Å². The first-order chi connectivity index (χ1) is 21.3. The van der Waals surface area contributed by atoms with Crippen molar-refractivity contribution in [2.75, 3.05) is 19.6 Å². The number of nitrogens with two attached hydrogens (primary N) is 3. The van der Waals surface area contributed by atoms with E-state index in [0.29, 0.717) is 32.1 Å². The summed E-state index contributed by atoms with van der Waals surface area (Å²) in [6.45, 7) is 9.48. The number of ether oxygens (including phenoxy) is 3. The molecule has 11 nitrogen and oxygen atoms in total. The molecule has 3 fully saturated rings. The fraction of sp³-hybridized carbons (Fsp3) is 0.882. The van der Waals surface area contributed by atoms with Crippen molar-refractivity contribution in [1.29, 1.82) is 0 Å². The van der Waals surface area contributed by atoms with E-state index in [9.17, 15) is 24.3 Å². The molecule has 0 aromatic carbocycles. The van der Waals surface area contributed by atoms with Crippen LogP contribution in [0.4, 0.5) is 0 Å². The summed E-state index contributed by atoms with van der Waals surface area (Å²) in [5.41, 5.74) is 16.4. The molecule has 0 heterocycles. The summed E-state index contributed by atoms with van der Waals surface area (Å²) in [7, 11) is 0. The van der Waals surface area contributed by atoms with Crippen molar-refractivity contribution in [1.82, 2.24) is 0 Å². The summed E-state index contributed by atoms with van der Waals surface area (Å²) >= 11 is 0. The van der Waals surface area contributed by atoms with Gasteiger partial charge in [-0.1, -0.05) is 27.7 Å². The van der Waals surface area contributed by atoms with Crippen molar-refractivity contribution in [2.24, 2.45) is 57.6 Å². The lowest BCUT2D eigenvalue weighted by atomic mass is 9.54. The van der Waals surface area contributed by atoms with Crippen LogP contribution in [0.15, 0.2) is 0 Å². The van der Waals surface area contributed by atoms with Gasteiger partial charge >= 0.3 is 23.9 Å². The van der Waals surface area contributed by atoms with E-state index in [1.54, 1.807) is 0 Å². The lowest BCUT2D eigenvalue weighted by molar-refractivity contribution is -0.172. The fourth-order valence-corrected chi connectivity index (χ4v) is 9.04. The number of hydrogen-bond donors (Lipinski definition) is 4. The summed E-state index contributed by atoms with van der Waals surface area (Å²) in [4.78, 5) is 49.9. The van der Waals surface area contributed by atoms with Crippen LogP contribution in [-0.4, -0.2) is 66.9 Å². The van der Waals surface area contributed by atoms with E-state index in [4.69, 9.17) is 31.4 Å². The summed E-state index contributed by atoms with van der Waals surface area (Å²) in [6.07, 6.45) is 5.89. The van der Waals surface area contributed by atoms with Gasteiger partial charge in [0.25, 0.3) is 0 Å². The van der Waals surface area contributed by atoms with Gasteiger partial charge < -0.3 is 36.5 Å². The summed E-state index contributed by atoms with van der Waals surface area (Å²) in [5.74, 6) is -1.21. The third-order valence-corrected chi connectivity index (χ3v) is 11.9. The van der Waals surface area contributed by atoms with Gasteiger partial charge in [0.05, 0.1) is 19.3 Å². The molecule has 3 saturated carbocycles. The molecule has 0 aromatic heterocycles. The number of carboxylic acid groups (broad SMARTS) is 1. The van der Waals surface area contributed by atoms with Gasteiger partial charge in [0.15, 0.2) is 0 Å². The van der Waals surface area contributed by atoms with Crippen LogP contribution >= 0.6 is 0 Å². The lowest BCUT2D eigenvalue weighted by Gasteiger charge is -2.53. The van der Waals surface area contributed by atoms with E-state index in [1.807, 2.05) is 0 Å². The average Bonchev–Trinajstić information content (AvgIpc) is 3.29. The molecule has 0 bridgehead atoms. The number of carboxylic acids is 1. The van der Waals surface area contributed by atoms with Gasteiger partial charge in [0.1, 0.15) is 18.3 Å². The highest BCUT2D eigenvalue weighted by Gasteiger charge is 2.57. The van der Waals surface area contributed by atoms with Gasteiger partial charge in [0.2, 0.25) is 0 Å². The van der Waals surface area contributed by atoms with Crippen molar-refractivity contribution in [3.8, 4) is 0 Å². The van der Waals surface area contributed by atoms with Crippen LogP contribution in [0.1, 0.15) is 111 Å². The first-order valence-corrected chi connectivity index (χ1v) is 17.2. The molecule has 45 heavy (non-hydrogen) atoms. The van der Waals surface area contributed by atoms with Crippen molar-refractivity contribution in [3.05, 3.63) is 0 Å². The zero-order valence-electron chi connectivity index (χ0n) is 28.0. The van der Waals surface area contributed by atoms with Gasteiger partial charge in [-0.05, 0) is 92.8 Å². The van der Waals surface area contributed by atoms with E-state index in [2.05, 4.69) is 27.7 Å². The molecular weight excluding hydrogens is 578 g/mol. The summed E-state index contributed by atoms with van der Waals surface area (Å²) in [5, 5.41) is 9.44. The molecule has 0 radical (unpaired) electrons. The highest BCUT2D eigenvalue weighted by Crippen LogP contribution is 2.60. The number of rotatable bonds is 13. The molecule has 0 aromatic rings. The molecule has 0 spiro atoms. The van der Waals surface area contributed by atoms with Crippen molar-refractivity contribution < 1.29 is 38.5 Å². The Hall–Kier alpha value is -2.24. The molecule has 0 aliphatic heterocycles. The maximum absolute atomic E-state index is 13.1. The number of fused-ring (bicyclic) bond motifs is 2. The Morgan fingerprint density at radius 1 is 0.756 bits per heavy atom. The Labute approximate surface area is 269 Å². The maximum Gasteiger partial charge on any atom is 0.307 e. The SMILES string of the molecule is C[C@H](CCC(=O)O)[C@H]1CC[C@H]2C[C@H](OC(=O)CCN)CC3C[C@H](OC(=O)CCN)CC[C@]3(C)[C@H](C)C[C@H](OC(=O)CCN)[C@@]21C. The topological polar surface area (TPSA) is 194 Å². The highest BCUT2D eigenvalue weighted by molar-refractivity contribution is 5.70. The fourth-order valence-electron chi connectivity index (χ4n) is 9.04. The molecule has 3 aliphatic rings. The van der Waals surface area contributed by atoms with Crippen LogP contribution in [-0.2, 0) is 33.4 Å². The zero-order chi connectivity index (χ0) is 33.4. The van der Waals surface area contributed by atoms with Crippen LogP contribution in [0.5, 0.6) is 0 Å². The quantitative estimate of drug-likeness (QED) is 0.169. The predicted molar refractivity (Wildman–Crippen MR) is 169 cm³/mol. The van der Waals surface area contributed by atoms with Crippen LogP contribution in [0.25, 0.3) is 0 Å². The number of aliphatic carboxylic acids is 1. The van der Waals surface area contributed by atoms with E-state index in [1.165, 1.54) is 0 Å². The minimum Gasteiger partial charge on any atom is -0.481 e. The van der Waals surface area contributed by atoms with E-state index >= 15 is 0 Å². The average molecular weight is 638 g/mol. The molecule has 11 heteroatoms. The predicted octanol–water partition coefficient (Wildman–Crippen LogP) is 3.93. The third-order valence-electron chi connectivity index (χ3n) is 11.9. The Bertz CT molecular complexity index is 1030. The molecule has 10 atom stereocenters. The van der Waals surface area contributed by atoms with Crippen LogP contribution in [0, 0.1) is 40.4 Å². The largest absolute Gasteiger partial charge is 0.481 e. The minimum absolute atomic E-state index is 0.0828. The van der Waals surface area contributed by atoms with Crippen molar-refractivity contribution >= 4 is 23.9 Å². The zero-order valence-corrected chi connectivity index (χ0v) is 28.0. The van der Waals surface area contributed by atoms with Crippen LogP contribution < -0.4 is 17.2 Å². The second-order valence-corrected chi connectivity index (χ2v) is 14.6. The second-order valence-electron chi connectivity index (χ2n) is 14.6. The van der Waals surface area contributed by atoms with E-state index in [0.717, 1.165) is 25.7 Å². The van der Waals surface area contributed by atoms with Gasteiger partial charge in [-0.2, -0.15) is 0 Å². The Morgan fingerprint density at radius 3 is 1.87 bits per heavy atom. The normalized spacial score (nSPS) is 35.8. The molecule has 7 N–H and O–H groups in total. The molecule has 258 valence electrons.